The summed E-state index contributed by atoms with van der Waals surface area (Å²) < 4.78 is 18.1. The summed E-state index contributed by atoms with van der Waals surface area (Å²) in [5.74, 6) is 0.960. The Kier molecular flexibility index (Phi) is 5.98. The number of aliphatic hydroxyl groups is 1. The summed E-state index contributed by atoms with van der Waals surface area (Å²) in [5.41, 5.74) is 1.18. The van der Waals surface area contributed by atoms with Crippen LogP contribution in [0.25, 0.3) is 0 Å². The summed E-state index contributed by atoms with van der Waals surface area (Å²) in [6.07, 6.45) is 1.25. The number of ether oxygens (including phenoxy) is 3. The van der Waals surface area contributed by atoms with E-state index in [2.05, 4.69) is 5.10 Å². The lowest BCUT2D eigenvalue weighted by molar-refractivity contribution is -0.0813. The van der Waals surface area contributed by atoms with Crippen LogP contribution in [0.15, 0.2) is 30.5 Å². The molecule has 0 saturated carbocycles. The largest absolute Gasteiger partial charge is 0.493 e. The number of morpholine rings is 1. The second-order valence-corrected chi connectivity index (χ2v) is 6.21. The Morgan fingerprint density at radius 1 is 1.30 bits per heavy atom. The summed E-state index contributed by atoms with van der Waals surface area (Å²) in [5, 5.41) is 14.1. The lowest BCUT2D eigenvalue weighted by atomic mass is 9.97. The van der Waals surface area contributed by atoms with Crippen LogP contribution in [0.4, 0.5) is 0 Å². The molecule has 1 fully saturated rings. The van der Waals surface area contributed by atoms with Gasteiger partial charge < -0.3 is 24.2 Å². The van der Waals surface area contributed by atoms with Gasteiger partial charge in [0, 0.05) is 19.3 Å². The van der Waals surface area contributed by atoms with Crippen LogP contribution in [0.1, 0.15) is 29.0 Å². The molecular formula is C19H25N3O5. The topological polar surface area (TPSA) is 86.1 Å². The third kappa shape index (κ3) is 3.77. The summed E-state index contributed by atoms with van der Waals surface area (Å²) in [4.78, 5) is 14.8. The molecule has 0 spiro atoms. The van der Waals surface area contributed by atoms with Crippen molar-refractivity contribution >= 4 is 5.91 Å². The maximum Gasteiger partial charge on any atom is 0.275 e. The molecule has 1 aromatic carbocycles. The zero-order valence-corrected chi connectivity index (χ0v) is 15.8. The normalized spacial score (nSPS) is 19.8. The molecule has 1 aromatic heterocycles. The van der Waals surface area contributed by atoms with E-state index in [0.29, 0.717) is 36.9 Å². The average Bonchev–Trinajstić information content (AvgIpc) is 3.21. The van der Waals surface area contributed by atoms with Crippen molar-refractivity contribution in [1.82, 2.24) is 14.7 Å². The average molecular weight is 375 g/mol. The highest BCUT2D eigenvalue weighted by Crippen LogP contribution is 2.36. The number of amides is 1. The van der Waals surface area contributed by atoms with Crippen molar-refractivity contribution in [3.63, 3.8) is 0 Å². The second-order valence-electron chi connectivity index (χ2n) is 6.21. The maximum absolute atomic E-state index is 13.1. The molecule has 0 radical (unpaired) electrons. The molecule has 8 nitrogen and oxygen atoms in total. The van der Waals surface area contributed by atoms with Crippen LogP contribution in [-0.2, 0) is 11.3 Å². The summed E-state index contributed by atoms with van der Waals surface area (Å²) in [7, 11) is 3.13. The number of carbonyl (C=O) groups excluding carboxylic acids is 1. The van der Waals surface area contributed by atoms with E-state index in [9.17, 15) is 9.90 Å². The Labute approximate surface area is 158 Å². The van der Waals surface area contributed by atoms with E-state index in [4.69, 9.17) is 14.2 Å². The number of rotatable bonds is 6. The molecule has 1 saturated heterocycles. The van der Waals surface area contributed by atoms with Gasteiger partial charge in [0.25, 0.3) is 5.91 Å². The van der Waals surface area contributed by atoms with Crippen LogP contribution in [0, 0.1) is 0 Å². The molecule has 1 aliphatic rings. The van der Waals surface area contributed by atoms with Crippen LogP contribution in [0.3, 0.4) is 0 Å². The number of methoxy groups -OCH3 is 2. The fourth-order valence-electron chi connectivity index (χ4n) is 3.34. The minimum Gasteiger partial charge on any atom is -0.493 e. The van der Waals surface area contributed by atoms with Crippen LogP contribution >= 0.6 is 0 Å². The lowest BCUT2D eigenvalue weighted by Crippen LogP contribution is -2.49. The maximum atomic E-state index is 13.1. The molecule has 146 valence electrons. The fraction of sp³-hybridized carbons (Fsp3) is 0.474. The standard InChI is InChI=1S/C19H25N3O5/c1-4-21-8-7-14(20-21)19(24)22-9-10-27-17(12-23)18(22)13-5-6-15(25-2)16(11-13)26-3/h5-8,11,17-18,23H,4,9-10,12H2,1-3H3/t17-,18-/m0/s1. The van der Waals surface area contributed by atoms with Gasteiger partial charge in [-0.2, -0.15) is 5.10 Å². The van der Waals surface area contributed by atoms with Gasteiger partial charge in [0.1, 0.15) is 11.8 Å². The summed E-state index contributed by atoms with van der Waals surface area (Å²) in [6.45, 7) is 3.22. The van der Waals surface area contributed by atoms with Gasteiger partial charge in [0.05, 0.1) is 33.5 Å². The number of aryl methyl sites for hydroxylation is 1. The van der Waals surface area contributed by atoms with Gasteiger partial charge in [-0.1, -0.05) is 6.07 Å². The molecule has 2 heterocycles. The first-order valence-electron chi connectivity index (χ1n) is 8.91. The number of nitrogens with zero attached hydrogens (tertiary/aromatic N) is 3. The number of carbonyl (C=O) groups is 1. The second kappa shape index (κ2) is 8.41. The van der Waals surface area contributed by atoms with Gasteiger partial charge in [0.15, 0.2) is 11.5 Å². The Morgan fingerprint density at radius 2 is 2.07 bits per heavy atom. The van der Waals surface area contributed by atoms with E-state index in [1.807, 2.05) is 19.1 Å². The molecule has 1 amide bonds. The molecule has 2 atom stereocenters. The number of aromatic nitrogens is 2. The van der Waals surface area contributed by atoms with E-state index in [-0.39, 0.29) is 12.5 Å². The van der Waals surface area contributed by atoms with Gasteiger partial charge in [-0.3, -0.25) is 9.48 Å². The van der Waals surface area contributed by atoms with Gasteiger partial charge in [-0.05, 0) is 30.7 Å². The first kappa shape index (κ1) is 19.2. The number of hydrogen-bond acceptors (Lipinski definition) is 6. The Balaban J connectivity index is 1.98. The zero-order valence-electron chi connectivity index (χ0n) is 15.8. The summed E-state index contributed by atoms with van der Waals surface area (Å²) in [6, 6.07) is 6.70. The number of benzene rings is 1. The van der Waals surface area contributed by atoms with Crippen molar-refractivity contribution in [2.45, 2.75) is 25.6 Å². The third-order valence-electron chi connectivity index (χ3n) is 4.73. The molecule has 0 unspecified atom stereocenters. The number of hydrogen-bond donors (Lipinski definition) is 1. The molecule has 1 N–H and O–H groups in total. The van der Waals surface area contributed by atoms with Crippen molar-refractivity contribution < 1.29 is 24.1 Å². The monoisotopic (exact) mass is 375 g/mol. The van der Waals surface area contributed by atoms with E-state index in [1.54, 1.807) is 42.1 Å². The minimum atomic E-state index is -0.533. The van der Waals surface area contributed by atoms with Crippen LogP contribution in [-0.4, -0.2) is 65.8 Å². The zero-order chi connectivity index (χ0) is 19.4. The Morgan fingerprint density at radius 3 is 2.70 bits per heavy atom. The molecule has 0 bridgehead atoms. The quantitative estimate of drug-likeness (QED) is 0.823. The highest BCUT2D eigenvalue weighted by molar-refractivity contribution is 5.92. The predicted octanol–water partition coefficient (Wildman–Crippen LogP) is 1.49. The van der Waals surface area contributed by atoms with E-state index in [0.717, 1.165) is 5.56 Å². The van der Waals surface area contributed by atoms with Crippen molar-refractivity contribution in [3.05, 3.63) is 41.7 Å². The van der Waals surface area contributed by atoms with Crippen molar-refractivity contribution in [2.75, 3.05) is 34.0 Å². The van der Waals surface area contributed by atoms with Crippen LogP contribution in [0.5, 0.6) is 11.5 Å². The van der Waals surface area contributed by atoms with Crippen LogP contribution in [0.2, 0.25) is 0 Å². The third-order valence-corrected chi connectivity index (χ3v) is 4.73. The Bertz CT molecular complexity index is 791. The van der Waals surface area contributed by atoms with E-state index in [1.165, 1.54) is 0 Å². The highest BCUT2D eigenvalue weighted by Gasteiger charge is 2.37. The predicted molar refractivity (Wildman–Crippen MR) is 98.1 cm³/mol. The molecule has 2 aromatic rings. The minimum absolute atomic E-state index is 0.191. The lowest BCUT2D eigenvalue weighted by Gasteiger charge is -2.40. The highest BCUT2D eigenvalue weighted by atomic mass is 16.5. The first-order chi connectivity index (χ1) is 13.1. The van der Waals surface area contributed by atoms with Crippen molar-refractivity contribution in [3.8, 4) is 11.5 Å². The summed E-state index contributed by atoms with van der Waals surface area (Å²) >= 11 is 0. The molecule has 1 aliphatic heterocycles. The van der Waals surface area contributed by atoms with E-state index < -0.39 is 12.1 Å². The SMILES string of the molecule is CCn1ccc(C(=O)N2CCO[C@@H](CO)[C@@H]2c2ccc(OC)c(OC)c2)n1. The molecule has 27 heavy (non-hydrogen) atoms. The van der Waals surface area contributed by atoms with Gasteiger partial charge in [-0.15, -0.1) is 0 Å². The van der Waals surface area contributed by atoms with Crippen LogP contribution < -0.4 is 9.47 Å². The van der Waals surface area contributed by atoms with Gasteiger partial charge >= 0.3 is 0 Å². The van der Waals surface area contributed by atoms with Crippen molar-refractivity contribution in [2.24, 2.45) is 0 Å². The van der Waals surface area contributed by atoms with Gasteiger partial charge in [-0.25, -0.2) is 0 Å². The van der Waals surface area contributed by atoms with E-state index >= 15 is 0 Å². The Hall–Kier alpha value is -2.58. The molecule has 8 heteroatoms. The molecular weight excluding hydrogens is 350 g/mol. The number of aliphatic hydroxyl groups excluding tert-OH is 1. The van der Waals surface area contributed by atoms with Gasteiger partial charge in [0.2, 0.25) is 0 Å². The first-order valence-corrected chi connectivity index (χ1v) is 8.91. The smallest absolute Gasteiger partial charge is 0.275 e. The fourth-order valence-corrected chi connectivity index (χ4v) is 3.34. The van der Waals surface area contributed by atoms with Crippen molar-refractivity contribution in [1.29, 1.82) is 0 Å². The molecule has 0 aliphatic carbocycles. The molecule has 3 rings (SSSR count).